The summed E-state index contributed by atoms with van der Waals surface area (Å²) in [5.41, 5.74) is 6.30. The number of anilines is 1. The van der Waals surface area contributed by atoms with Crippen LogP contribution in [0.3, 0.4) is 0 Å². The zero-order valence-corrected chi connectivity index (χ0v) is 9.16. The van der Waals surface area contributed by atoms with Crippen LogP contribution in [0.4, 0.5) is 5.69 Å². The second kappa shape index (κ2) is 4.18. The Hall–Kier alpha value is -2.11. The van der Waals surface area contributed by atoms with Crippen molar-refractivity contribution < 1.29 is 4.74 Å². The van der Waals surface area contributed by atoms with E-state index in [9.17, 15) is 0 Å². The van der Waals surface area contributed by atoms with Crippen LogP contribution in [0, 0.1) is 0 Å². The summed E-state index contributed by atoms with van der Waals surface area (Å²) in [5, 5.41) is 4.06. The summed E-state index contributed by atoms with van der Waals surface area (Å²) in [6, 6.07) is 1.80. The highest BCUT2D eigenvalue weighted by Crippen LogP contribution is 2.23. The molecule has 2 heterocycles. The molecule has 2 N–H and O–H groups in total. The molecular weight excluding hydrogens is 206 g/mol. The number of ether oxygens (including phenoxy) is 1. The van der Waals surface area contributed by atoms with E-state index >= 15 is 0 Å². The van der Waals surface area contributed by atoms with E-state index < -0.39 is 0 Å². The fraction of sp³-hybridized carbons (Fsp3) is 0.300. The molecule has 6 heteroatoms. The maximum atomic E-state index is 5.91. The highest BCUT2D eigenvalue weighted by Gasteiger charge is 2.11. The normalized spacial score (nSPS) is 10.7. The molecule has 0 aliphatic rings. The van der Waals surface area contributed by atoms with Crippen molar-refractivity contribution in [3.63, 3.8) is 0 Å². The lowest BCUT2D eigenvalue weighted by Gasteiger charge is -2.12. The van der Waals surface area contributed by atoms with Crippen LogP contribution in [0.1, 0.15) is 13.8 Å². The van der Waals surface area contributed by atoms with Crippen LogP contribution in [-0.2, 0) is 0 Å². The fourth-order valence-electron chi connectivity index (χ4n) is 1.26. The minimum atomic E-state index is 0.0164. The molecule has 0 spiro atoms. The van der Waals surface area contributed by atoms with Gasteiger partial charge in [0.2, 0.25) is 5.88 Å². The molecule has 0 aromatic carbocycles. The van der Waals surface area contributed by atoms with E-state index in [4.69, 9.17) is 10.5 Å². The summed E-state index contributed by atoms with van der Waals surface area (Å²) in [6.45, 7) is 3.82. The minimum Gasteiger partial charge on any atom is -0.473 e. The molecule has 0 saturated carbocycles. The first kappa shape index (κ1) is 10.4. The van der Waals surface area contributed by atoms with Gasteiger partial charge in [-0.05, 0) is 19.9 Å². The molecule has 2 rings (SSSR count). The highest BCUT2D eigenvalue weighted by atomic mass is 16.5. The van der Waals surface area contributed by atoms with Gasteiger partial charge in [-0.3, -0.25) is 0 Å². The summed E-state index contributed by atoms with van der Waals surface area (Å²) in [6.07, 6.45) is 4.84. The largest absolute Gasteiger partial charge is 0.473 e. The molecule has 84 valence electrons. The maximum absolute atomic E-state index is 5.91. The van der Waals surface area contributed by atoms with Crippen LogP contribution in [0.25, 0.3) is 5.82 Å². The van der Waals surface area contributed by atoms with Crippen molar-refractivity contribution in [2.24, 2.45) is 0 Å². The lowest BCUT2D eigenvalue weighted by Crippen LogP contribution is -2.12. The molecule has 0 bridgehead atoms. The number of hydrogen-bond donors (Lipinski definition) is 1. The Kier molecular flexibility index (Phi) is 2.72. The van der Waals surface area contributed by atoms with Crippen LogP contribution >= 0.6 is 0 Å². The topological polar surface area (TPSA) is 78.9 Å². The number of hydrogen-bond acceptors (Lipinski definition) is 5. The molecular formula is C10H13N5O. The standard InChI is InChI=1S/C10H13N5O/c1-7(2)16-10-8(11)9(12-6-13-10)15-5-3-4-14-15/h3-7H,11H2,1-2H3. The second-order valence-corrected chi connectivity index (χ2v) is 3.53. The third-order valence-corrected chi connectivity index (χ3v) is 1.90. The molecule has 0 aliphatic carbocycles. The molecule has 0 unspecified atom stereocenters. The third-order valence-electron chi connectivity index (χ3n) is 1.90. The van der Waals surface area contributed by atoms with E-state index in [-0.39, 0.29) is 6.10 Å². The van der Waals surface area contributed by atoms with Crippen LogP contribution in [0.15, 0.2) is 24.8 Å². The molecule has 0 atom stereocenters. The summed E-state index contributed by atoms with van der Waals surface area (Å²) < 4.78 is 7.04. The summed E-state index contributed by atoms with van der Waals surface area (Å²) >= 11 is 0. The lowest BCUT2D eigenvalue weighted by molar-refractivity contribution is 0.233. The Morgan fingerprint density at radius 2 is 2.19 bits per heavy atom. The summed E-state index contributed by atoms with van der Waals surface area (Å²) in [5.74, 6) is 0.908. The Balaban J connectivity index is 2.41. The van der Waals surface area contributed by atoms with Gasteiger partial charge in [0, 0.05) is 12.4 Å². The number of aromatic nitrogens is 4. The monoisotopic (exact) mass is 219 g/mol. The number of rotatable bonds is 3. The molecule has 6 nitrogen and oxygen atoms in total. The van der Waals surface area contributed by atoms with Crippen molar-refractivity contribution in [2.75, 3.05) is 5.73 Å². The molecule has 0 fully saturated rings. The quantitative estimate of drug-likeness (QED) is 0.834. The van der Waals surface area contributed by atoms with E-state index in [2.05, 4.69) is 15.1 Å². The van der Waals surface area contributed by atoms with Gasteiger partial charge < -0.3 is 10.5 Å². The molecule has 2 aromatic rings. The van der Waals surface area contributed by atoms with Gasteiger partial charge in [0.1, 0.15) is 12.0 Å². The van der Waals surface area contributed by atoms with Crippen LogP contribution in [-0.4, -0.2) is 25.9 Å². The molecule has 16 heavy (non-hydrogen) atoms. The summed E-state index contributed by atoms with van der Waals surface area (Å²) in [4.78, 5) is 8.06. The van der Waals surface area contributed by atoms with Gasteiger partial charge in [-0.1, -0.05) is 0 Å². The Morgan fingerprint density at radius 3 is 2.81 bits per heavy atom. The van der Waals surface area contributed by atoms with Crippen LogP contribution < -0.4 is 10.5 Å². The zero-order valence-electron chi connectivity index (χ0n) is 9.16. The highest BCUT2D eigenvalue weighted by molar-refractivity contribution is 5.59. The van der Waals surface area contributed by atoms with Crippen LogP contribution in [0.2, 0.25) is 0 Å². The van der Waals surface area contributed by atoms with E-state index in [1.54, 1.807) is 23.1 Å². The van der Waals surface area contributed by atoms with Crippen LogP contribution in [0.5, 0.6) is 5.88 Å². The van der Waals surface area contributed by atoms with Gasteiger partial charge in [0.15, 0.2) is 5.82 Å². The zero-order chi connectivity index (χ0) is 11.5. The van der Waals surface area contributed by atoms with Crippen molar-refractivity contribution in [2.45, 2.75) is 20.0 Å². The van der Waals surface area contributed by atoms with Gasteiger partial charge in [-0.15, -0.1) is 0 Å². The van der Waals surface area contributed by atoms with Gasteiger partial charge >= 0.3 is 0 Å². The van der Waals surface area contributed by atoms with Crippen molar-refractivity contribution in [3.05, 3.63) is 24.8 Å². The minimum absolute atomic E-state index is 0.0164. The van der Waals surface area contributed by atoms with Crippen molar-refractivity contribution in [3.8, 4) is 11.7 Å². The fourth-order valence-corrected chi connectivity index (χ4v) is 1.26. The molecule has 0 aliphatic heterocycles. The van der Waals surface area contributed by atoms with E-state index in [1.807, 2.05) is 13.8 Å². The lowest BCUT2D eigenvalue weighted by atomic mass is 10.4. The average Bonchev–Trinajstić information content (AvgIpc) is 2.73. The van der Waals surface area contributed by atoms with E-state index in [0.717, 1.165) is 0 Å². The number of nitrogen functional groups attached to an aromatic ring is 1. The van der Waals surface area contributed by atoms with Crippen molar-refractivity contribution in [1.82, 2.24) is 19.7 Å². The first-order chi connectivity index (χ1) is 7.68. The molecule has 0 amide bonds. The first-order valence-electron chi connectivity index (χ1n) is 4.95. The predicted octanol–water partition coefficient (Wildman–Crippen LogP) is 1.03. The van der Waals surface area contributed by atoms with Crippen molar-refractivity contribution >= 4 is 5.69 Å². The summed E-state index contributed by atoms with van der Waals surface area (Å²) in [7, 11) is 0. The Labute approximate surface area is 93.1 Å². The Bertz CT molecular complexity index is 466. The SMILES string of the molecule is CC(C)Oc1ncnc(-n2cccn2)c1N. The average molecular weight is 219 g/mol. The van der Waals surface area contributed by atoms with Gasteiger partial charge in [0.05, 0.1) is 6.10 Å². The smallest absolute Gasteiger partial charge is 0.242 e. The molecule has 2 aromatic heterocycles. The van der Waals surface area contributed by atoms with Gasteiger partial charge in [0.25, 0.3) is 0 Å². The predicted molar refractivity (Wildman–Crippen MR) is 59.3 cm³/mol. The van der Waals surface area contributed by atoms with Crippen molar-refractivity contribution in [1.29, 1.82) is 0 Å². The molecule has 0 saturated heterocycles. The Morgan fingerprint density at radius 1 is 1.38 bits per heavy atom. The maximum Gasteiger partial charge on any atom is 0.242 e. The second-order valence-electron chi connectivity index (χ2n) is 3.53. The van der Waals surface area contributed by atoms with E-state index in [1.165, 1.54) is 6.33 Å². The van der Waals surface area contributed by atoms with E-state index in [0.29, 0.717) is 17.4 Å². The third kappa shape index (κ3) is 1.95. The van der Waals surface area contributed by atoms with Gasteiger partial charge in [-0.2, -0.15) is 10.1 Å². The number of nitrogens with two attached hydrogens (primary N) is 1. The molecule has 0 radical (unpaired) electrons. The van der Waals surface area contributed by atoms with Gasteiger partial charge in [-0.25, -0.2) is 9.67 Å². The first-order valence-corrected chi connectivity index (χ1v) is 4.95. The number of nitrogens with zero attached hydrogens (tertiary/aromatic N) is 4.